The van der Waals surface area contributed by atoms with Gasteiger partial charge in [-0.3, -0.25) is 4.79 Å². The number of nitrogens with one attached hydrogen (secondary N) is 1. The van der Waals surface area contributed by atoms with E-state index in [0.717, 1.165) is 12.8 Å². The lowest BCUT2D eigenvalue weighted by Gasteiger charge is -2.35. The highest BCUT2D eigenvalue weighted by Gasteiger charge is 2.40. The Morgan fingerprint density at radius 2 is 2.00 bits per heavy atom. The van der Waals surface area contributed by atoms with Crippen molar-refractivity contribution in [1.82, 2.24) is 5.32 Å². The molecule has 13 heavy (non-hydrogen) atoms. The summed E-state index contributed by atoms with van der Waals surface area (Å²) in [6, 6.07) is 0. The van der Waals surface area contributed by atoms with E-state index in [1.54, 1.807) is 0 Å². The van der Waals surface area contributed by atoms with E-state index in [4.69, 9.17) is 0 Å². The summed E-state index contributed by atoms with van der Waals surface area (Å²) in [6.07, 6.45) is 2.84. The summed E-state index contributed by atoms with van der Waals surface area (Å²) < 4.78 is 0. The minimum absolute atomic E-state index is 0.0885. The average molecular weight is 183 g/mol. The first-order valence-corrected chi connectivity index (χ1v) is 5.27. The maximum atomic E-state index is 11.2. The van der Waals surface area contributed by atoms with Crippen LogP contribution in [0.5, 0.6) is 0 Å². The molecule has 2 nitrogen and oxygen atoms in total. The van der Waals surface area contributed by atoms with Gasteiger partial charge in [-0.1, -0.05) is 27.7 Å². The molecule has 1 atom stereocenters. The molecule has 1 heterocycles. The number of hydrogen-bond donors (Lipinski definition) is 1. The van der Waals surface area contributed by atoms with E-state index in [2.05, 4.69) is 33.0 Å². The molecule has 0 aromatic heterocycles. The van der Waals surface area contributed by atoms with Gasteiger partial charge < -0.3 is 5.32 Å². The topological polar surface area (TPSA) is 29.1 Å². The zero-order chi connectivity index (χ0) is 10.1. The number of hydrogen-bond acceptors (Lipinski definition) is 1. The van der Waals surface area contributed by atoms with Crippen LogP contribution in [0.15, 0.2) is 0 Å². The molecule has 1 fully saturated rings. The minimum Gasteiger partial charge on any atom is -0.350 e. The Kier molecular flexibility index (Phi) is 2.99. The van der Waals surface area contributed by atoms with Crippen LogP contribution in [0.25, 0.3) is 0 Å². The van der Waals surface area contributed by atoms with Crippen molar-refractivity contribution < 1.29 is 4.79 Å². The molecule has 1 unspecified atom stereocenters. The normalized spacial score (nSPS) is 28.6. The second kappa shape index (κ2) is 3.69. The molecule has 0 spiro atoms. The Balaban J connectivity index is 2.71. The maximum Gasteiger partial charge on any atom is 0.220 e. The first-order valence-electron chi connectivity index (χ1n) is 5.27. The molecule has 76 valence electrons. The highest BCUT2D eigenvalue weighted by Crippen LogP contribution is 2.33. The van der Waals surface area contributed by atoms with Gasteiger partial charge in [0.25, 0.3) is 0 Å². The number of amides is 1. The highest BCUT2D eigenvalue weighted by atomic mass is 16.2. The van der Waals surface area contributed by atoms with Crippen molar-refractivity contribution in [2.24, 2.45) is 11.8 Å². The second-order valence-electron chi connectivity index (χ2n) is 4.96. The molecular formula is C11H21NO. The van der Waals surface area contributed by atoms with Crippen LogP contribution < -0.4 is 5.32 Å². The van der Waals surface area contributed by atoms with Crippen LogP contribution in [-0.4, -0.2) is 11.4 Å². The lowest BCUT2D eigenvalue weighted by Crippen LogP contribution is -2.47. The first-order chi connectivity index (χ1) is 5.96. The third-order valence-corrected chi connectivity index (χ3v) is 3.06. The summed E-state index contributed by atoms with van der Waals surface area (Å²) in [5.41, 5.74) is 0.0885. The van der Waals surface area contributed by atoms with Crippen molar-refractivity contribution in [3.63, 3.8) is 0 Å². The van der Waals surface area contributed by atoms with Crippen LogP contribution >= 0.6 is 0 Å². The molecule has 0 bridgehead atoms. The predicted molar refractivity (Wildman–Crippen MR) is 54.4 cm³/mol. The number of rotatable bonds is 3. The van der Waals surface area contributed by atoms with E-state index in [9.17, 15) is 4.79 Å². The standard InChI is InChI=1S/C11H21NO/c1-8(2)7-11(9(3)4)6-5-10(13)12-11/h8-9H,5-7H2,1-4H3,(H,12,13). The number of carbonyl (C=O) groups is 1. The van der Waals surface area contributed by atoms with E-state index in [1.165, 1.54) is 0 Å². The van der Waals surface area contributed by atoms with E-state index in [0.29, 0.717) is 18.3 Å². The fourth-order valence-corrected chi connectivity index (χ4v) is 2.29. The third kappa shape index (κ3) is 2.23. The van der Waals surface area contributed by atoms with Crippen molar-refractivity contribution in [1.29, 1.82) is 0 Å². The molecule has 0 radical (unpaired) electrons. The van der Waals surface area contributed by atoms with Gasteiger partial charge in [-0.15, -0.1) is 0 Å². The molecule has 1 saturated heterocycles. The Morgan fingerprint density at radius 3 is 2.31 bits per heavy atom. The van der Waals surface area contributed by atoms with Crippen LogP contribution in [0.3, 0.4) is 0 Å². The second-order valence-corrected chi connectivity index (χ2v) is 4.96. The molecule has 1 N–H and O–H groups in total. The maximum absolute atomic E-state index is 11.2. The summed E-state index contributed by atoms with van der Waals surface area (Å²) in [7, 11) is 0. The lowest BCUT2D eigenvalue weighted by molar-refractivity contribution is -0.120. The van der Waals surface area contributed by atoms with Gasteiger partial charge >= 0.3 is 0 Å². The molecule has 0 saturated carbocycles. The minimum atomic E-state index is 0.0885. The molecule has 1 aliphatic rings. The van der Waals surface area contributed by atoms with Crippen molar-refractivity contribution in [3.05, 3.63) is 0 Å². The predicted octanol–water partition coefficient (Wildman–Crippen LogP) is 2.34. The van der Waals surface area contributed by atoms with Crippen molar-refractivity contribution >= 4 is 5.91 Å². The SMILES string of the molecule is CC(C)CC1(C(C)C)CCC(=O)N1. The molecule has 1 amide bonds. The Labute approximate surface area is 81.1 Å². The van der Waals surface area contributed by atoms with Gasteiger partial charge in [0.15, 0.2) is 0 Å². The average Bonchev–Trinajstić information content (AvgIpc) is 2.31. The zero-order valence-electron chi connectivity index (χ0n) is 9.18. The molecule has 0 aromatic carbocycles. The molecular weight excluding hydrogens is 162 g/mol. The Hall–Kier alpha value is -0.530. The quantitative estimate of drug-likeness (QED) is 0.715. The van der Waals surface area contributed by atoms with Gasteiger partial charge in [0.05, 0.1) is 0 Å². The largest absolute Gasteiger partial charge is 0.350 e. The first kappa shape index (κ1) is 10.6. The van der Waals surface area contributed by atoms with E-state index < -0.39 is 0 Å². The van der Waals surface area contributed by atoms with Gasteiger partial charge in [-0.05, 0) is 24.7 Å². The smallest absolute Gasteiger partial charge is 0.220 e. The molecule has 1 aliphatic heterocycles. The fourth-order valence-electron chi connectivity index (χ4n) is 2.29. The van der Waals surface area contributed by atoms with E-state index in [1.807, 2.05) is 0 Å². The fraction of sp³-hybridized carbons (Fsp3) is 0.909. The highest BCUT2D eigenvalue weighted by molar-refractivity contribution is 5.79. The summed E-state index contributed by atoms with van der Waals surface area (Å²) in [4.78, 5) is 11.2. The molecule has 0 aromatic rings. The summed E-state index contributed by atoms with van der Waals surface area (Å²) in [5.74, 6) is 1.43. The van der Waals surface area contributed by atoms with E-state index >= 15 is 0 Å². The monoisotopic (exact) mass is 183 g/mol. The van der Waals surface area contributed by atoms with Gasteiger partial charge in [-0.25, -0.2) is 0 Å². The van der Waals surface area contributed by atoms with Crippen LogP contribution in [0, 0.1) is 11.8 Å². The van der Waals surface area contributed by atoms with Gasteiger partial charge in [-0.2, -0.15) is 0 Å². The number of carbonyl (C=O) groups excluding carboxylic acids is 1. The van der Waals surface area contributed by atoms with E-state index in [-0.39, 0.29) is 11.4 Å². The van der Waals surface area contributed by atoms with Gasteiger partial charge in [0, 0.05) is 12.0 Å². The van der Waals surface area contributed by atoms with Gasteiger partial charge in [0.1, 0.15) is 0 Å². The summed E-state index contributed by atoms with van der Waals surface area (Å²) in [5, 5.41) is 3.16. The Morgan fingerprint density at radius 1 is 1.38 bits per heavy atom. The molecule has 0 aliphatic carbocycles. The van der Waals surface area contributed by atoms with Crippen LogP contribution in [-0.2, 0) is 4.79 Å². The summed E-state index contributed by atoms with van der Waals surface area (Å²) in [6.45, 7) is 8.84. The van der Waals surface area contributed by atoms with Crippen molar-refractivity contribution in [3.8, 4) is 0 Å². The molecule has 1 rings (SSSR count). The lowest BCUT2D eigenvalue weighted by atomic mass is 9.78. The van der Waals surface area contributed by atoms with Crippen LogP contribution in [0.1, 0.15) is 47.0 Å². The van der Waals surface area contributed by atoms with Crippen molar-refractivity contribution in [2.45, 2.75) is 52.5 Å². The Bertz CT molecular complexity index is 198. The zero-order valence-corrected chi connectivity index (χ0v) is 9.18. The van der Waals surface area contributed by atoms with Gasteiger partial charge in [0.2, 0.25) is 5.91 Å². The summed E-state index contributed by atoms with van der Waals surface area (Å²) >= 11 is 0. The van der Waals surface area contributed by atoms with Crippen molar-refractivity contribution in [2.75, 3.05) is 0 Å². The third-order valence-electron chi connectivity index (χ3n) is 3.06. The molecule has 2 heteroatoms. The van der Waals surface area contributed by atoms with Crippen LogP contribution in [0.2, 0.25) is 0 Å². The van der Waals surface area contributed by atoms with Crippen LogP contribution in [0.4, 0.5) is 0 Å².